The number of piperidine rings is 1. The number of carboxylic acids is 2. The molecule has 8 heteroatoms. The van der Waals surface area contributed by atoms with E-state index in [1.165, 1.54) is 7.11 Å². The fourth-order valence-corrected chi connectivity index (χ4v) is 1.92. The number of ether oxygens (including phenoxy) is 1. The van der Waals surface area contributed by atoms with E-state index >= 15 is 0 Å². The van der Waals surface area contributed by atoms with Crippen molar-refractivity contribution in [1.29, 1.82) is 0 Å². The van der Waals surface area contributed by atoms with Gasteiger partial charge in [-0.05, 0) is 6.42 Å². The Labute approximate surface area is 96.4 Å². The van der Waals surface area contributed by atoms with E-state index in [1.54, 1.807) is 0 Å². The van der Waals surface area contributed by atoms with Gasteiger partial charge in [-0.2, -0.15) is 0 Å². The van der Waals surface area contributed by atoms with Crippen LogP contribution in [0.4, 0.5) is 4.79 Å². The Morgan fingerprint density at radius 2 is 1.71 bits per heavy atom. The molecular formula is C9H13NO7. The Balaban J connectivity index is 2.99. The first-order valence-corrected chi connectivity index (χ1v) is 4.88. The minimum atomic E-state index is -1.44. The molecule has 0 bridgehead atoms. The third kappa shape index (κ3) is 2.64. The van der Waals surface area contributed by atoms with Crippen LogP contribution in [0.3, 0.4) is 0 Å². The highest BCUT2D eigenvalue weighted by atomic mass is 16.5. The highest BCUT2D eigenvalue weighted by Gasteiger charge is 2.44. The van der Waals surface area contributed by atoms with Crippen molar-refractivity contribution in [3.63, 3.8) is 0 Å². The summed E-state index contributed by atoms with van der Waals surface area (Å²) in [6.07, 6.45) is -2.80. The van der Waals surface area contributed by atoms with Gasteiger partial charge in [0.15, 0.2) is 0 Å². The highest BCUT2D eigenvalue weighted by Crippen LogP contribution is 2.29. The van der Waals surface area contributed by atoms with Crippen molar-refractivity contribution in [2.75, 3.05) is 7.11 Å². The van der Waals surface area contributed by atoms with Crippen molar-refractivity contribution in [2.24, 2.45) is 5.92 Å². The summed E-state index contributed by atoms with van der Waals surface area (Å²) in [4.78, 5) is 33.4. The Bertz CT molecular complexity index is 342. The standard InChI is InChI=1S/C9H13NO7/c1-17-6-3-4(7(11)12)2-5(8(13)14)10(6)9(15)16/h4-6H,2-3H2,1H3,(H,11,12)(H,13,14)(H,15,16)/t4-,5+,6?/m0/s1. The number of carbonyl (C=O) groups is 3. The average Bonchev–Trinajstić information content (AvgIpc) is 2.26. The van der Waals surface area contributed by atoms with Gasteiger partial charge in [0.05, 0.1) is 5.92 Å². The molecule has 1 aliphatic heterocycles. The molecule has 0 aromatic carbocycles. The normalized spacial score (nSPS) is 28.8. The molecule has 1 fully saturated rings. The molecule has 1 amide bonds. The van der Waals surface area contributed by atoms with Gasteiger partial charge in [0.1, 0.15) is 12.3 Å². The van der Waals surface area contributed by atoms with Gasteiger partial charge < -0.3 is 20.1 Å². The number of hydrogen-bond donors (Lipinski definition) is 3. The van der Waals surface area contributed by atoms with Crippen LogP contribution in [0.5, 0.6) is 0 Å². The fourth-order valence-electron chi connectivity index (χ4n) is 1.92. The monoisotopic (exact) mass is 247 g/mol. The molecule has 1 heterocycles. The van der Waals surface area contributed by atoms with Gasteiger partial charge in [-0.15, -0.1) is 0 Å². The quantitative estimate of drug-likeness (QED) is 0.635. The largest absolute Gasteiger partial charge is 0.481 e. The lowest BCUT2D eigenvalue weighted by Gasteiger charge is -2.39. The van der Waals surface area contributed by atoms with Crippen LogP contribution in [0, 0.1) is 5.92 Å². The van der Waals surface area contributed by atoms with Crippen molar-refractivity contribution in [3.8, 4) is 0 Å². The molecule has 0 radical (unpaired) electrons. The van der Waals surface area contributed by atoms with Gasteiger partial charge in [0, 0.05) is 13.5 Å². The van der Waals surface area contributed by atoms with Crippen LogP contribution >= 0.6 is 0 Å². The summed E-state index contributed by atoms with van der Waals surface area (Å²) >= 11 is 0. The second-order valence-corrected chi connectivity index (χ2v) is 3.74. The lowest BCUT2D eigenvalue weighted by Crippen LogP contribution is -2.56. The zero-order valence-electron chi connectivity index (χ0n) is 9.07. The Hall–Kier alpha value is -1.83. The van der Waals surface area contributed by atoms with E-state index < -0.39 is 36.2 Å². The van der Waals surface area contributed by atoms with E-state index in [4.69, 9.17) is 20.1 Å². The maximum absolute atomic E-state index is 11.0. The van der Waals surface area contributed by atoms with E-state index in [0.717, 1.165) is 0 Å². The second-order valence-electron chi connectivity index (χ2n) is 3.74. The number of carboxylic acid groups (broad SMARTS) is 3. The zero-order chi connectivity index (χ0) is 13.2. The van der Waals surface area contributed by atoms with Crippen LogP contribution in [-0.2, 0) is 14.3 Å². The van der Waals surface area contributed by atoms with Crippen molar-refractivity contribution >= 4 is 18.0 Å². The lowest BCUT2D eigenvalue weighted by atomic mass is 9.90. The van der Waals surface area contributed by atoms with Crippen LogP contribution in [0.2, 0.25) is 0 Å². The topological polar surface area (TPSA) is 124 Å². The molecule has 0 aromatic rings. The van der Waals surface area contributed by atoms with Gasteiger partial charge in [0.2, 0.25) is 0 Å². The van der Waals surface area contributed by atoms with E-state index in [9.17, 15) is 14.4 Å². The summed E-state index contributed by atoms with van der Waals surface area (Å²) in [5, 5.41) is 26.7. The number of nitrogens with zero attached hydrogens (tertiary/aromatic N) is 1. The van der Waals surface area contributed by atoms with Crippen LogP contribution in [-0.4, -0.2) is 57.6 Å². The van der Waals surface area contributed by atoms with E-state index in [1.807, 2.05) is 0 Å². The van der Waals surface area contributed by atoms with E-state index in [2.05, 4.69) is 0 Å². The molecule has 96 valence electrons. The SMILES string of the molecule is COC1C[C@@H](C(=O)O)C[C@H](C(=O)O)N1C(=O)O. The van der Waals surface area contributed by atoms with Crippen LogP contribution in [0.1, 0.15) is 12.8 Å². The van der Waals surface area contributed by atoms with Crippen molar-refractivity contribution < 1.29 is 34.4 Å². The predicted molar refractivity (Wildman–Crippen MR) is 52.4 cm³/mol. The van der Waals surface area contributed by atoms with Crippen molar-refractivity contribution in [3.05, 3.63) is 0 Å². The number of rotatable bonds is 3. The Morgan fingerprint density at radius 3 is 2.06 bits per heavy atom. The Kier molecular flexibility index (Phi) is 3.89. The molecule has 0 aromatic heterocycles. The summed E-state index contributed by atoms with van der Waals surface area (Å²) in [6, 6.07) is -1.40. The molecule has 0 aliphatic carbocycles. The van der Waals surface area contributed by atoms with E-state index in [0.29, 0.717) is 4.90 Å². The minimum Gasteiger partial charge on any atom is -0.481 e. The van der Waals surface area contributed by atoms with Gasteiger partial charge in [-0.1, -0.05) is 0 Å². The van der Waals surface area contributed by atoms with Gasteiger partial charge in [0.25, 0.3) is 0 Å². The fraction of sp³-hybridized carbons (Fsp3) is 0.667. The summed E-state index contributed by atoms with van der Waals surface area (Å²) in [5.74, 6) is -3.44. The Morgan fingerprint density at radius 1 is 1.12 bits per heavy atom. The molecule has 1 rings (SSSR count). The first-order chi connectivity index (χ1) is 7.88. The van der Waals surface area contributed by atoms with Crippen molar-refractivity contribution in [2.45, 2.75) is 25.1 Å². The smallest absolute Gasteiger partial charge is 0.410 e. The summed E-state index contributed by atoms with van der Waals surface area (Å²) in [7, 11) is 1.21. The number of aliphatic carboxylic acids is 2. The lowest BCUT2D eigenvalue weighted by molar-refractivity contribution is -0.161. The van der Waals surface area contributed by atoms with Gasteiger partial charge in [-0.3, -0.25) is 9.69 Å². The number of methoxy groups -OCH3 is 1. The third-order valence-corrected chi connectivity index (χ3v) is 2.77. The molecule has 1 aliphatic rings. The molecular weight excluding hydrogens is 234 g/mol. The van der Waals surface area contributed by atoms with Crippen molar-refractivity contribution in [1.82, 2.24) is 4.90 Å². The summed E-state index contributed by atoms with van der Waals surface area (Å²) < 4.78 is 4.84. The molecule has 1 unspecified atom stereocenters. The molecule has 3 N–H and O–H groups in total. The molecule has 17 heavy (non-hydrogen) atoms. The summed E-state index contributed by atoms with van der Waals surface area (Å²) in [5.41, 5.74) is 0. The molecule has 0 saturated carbocycles. The van der Waals surface area contributed by atoms with Gasteiger partial charge in [-0.25, -0.2) is 9.59 Å². The molecule has 8 nitrogen and oxygen atoms in total. The first-order valence-electron chi connectivity index (χ1n) is 4.88. The number of likely N-dealkylation sites (tertiary alicyclic amines) is 1. The summed E-state index contributed by atoms with van der Waals surface area (Å²) in [6.45, 7) is 0. The first kappa shape index (κ1) is 13.2. The molecule has 1 saturated heterocycles. The maximum atomic E-state index is 11.0. The second kappa shape index (κ2) is 5.00. The minimum absolute atomic E-state index is 0.0537. The molecule has 0 spiro atoms. The van der Waals surface area contributed by atoms with E-state index in [-0.39, 0.29) is 12.8 Å². The maximum Gasteiger partial charge on any atom is 0.410 e. The zero-order valence-corrected chi connectivity index (χ0v) is 9.07. The molecule has 3 atom stereocenters. The van der Waals surface area contributed by atoms with Crippen LogP contribution in [0.15, 0.2) is 0 Å². The number of amides is 1. The van der Waals surface area contributed by atoms with Crippen LogP contribution < -0.4 is 0 Å². The number of hydrogen-bond acceptors (Lipinski definition) is 4. The van der Waals surface area contributed by atoms with Gasteiger partial charge >= 0.3 is 18.0 Å². The average molecular weight is 247 g/mol. The predicted octanol–water partition coefficient (Wildman–Crippen LogP) is -0.113. The van der Waals surface area contributed by atoms with Crippen LogP contribution in [0.25, 0.3) is 0 Å². The third-order valence-electron chi connectivity index (χ3n) is 2.77. The highest BCUT2D eigenvalue weighted by molar-refractivity contribution is 5.81.